The minimum atomic E-state index is -3.34. The molecule has 1 atom stereocenters. The highest BCUT2D eigenvalue weighted by atomic mass is 32.2. The average molecular weight is 369 g/mol. The molecule has 2 aliphatic carbocycles. The maximum Gasteiger partial charge on any atom is 0.250 e. The second kappa shape index (κ2) is 6.71. The van der Waals surface area contributed by atoms with Crippen molar-refractivity contribution in [3.8, 4) is 0 Å². The maximum absolute atomic E-state index is 12.5. The lowest BCUT2D eigenvalue weighted by Gasteiger charge is -2.38. The molecule has 3 fully saturated rings. The van der Waals surface area contributed by atoms with Crippen LogP contribution in [0.2, 0.25) is 0 Å². The van der Waals surface area contributed by atoms with Crippen molar-refractivity contribution in [2.24, 2.45) is 17.3 Å². The second-order valence-corrected chi connectivity index (χ2v) is 11.0. The third-order valence-electron chi connectivity index (χ3n) is 6.23. The number of sulfonamides is 1. The topological polar surface area (TPSA) is 49.4 Å². The molecule has 4 rings (SSSR count). The SMILES string of the molecule is O=S(=O)(NCC1CN(CC2CC2)CC12CCCCC2)c1cccs1. The first kappa shape index (κ1) is 17.0. The molecule has 0 aromatic carbocycles. The summed E-state index contributed by atoms with van der Waals surface area (Å²) < 4.78 is 28.3. The summed E-state index contributed by atoms with van der Waals surface area (Å²) in [5.74, 6) is 1.37. The van der Waals surface area contributed by atoms with Crippen LogP contribution in [0.4, 0.5) is 0 Å². The maximum atomic E-state index is 12.5. The first-order valence-corrected chi connectivity index (χ1v) is 11.7. The second-order valence-electron chi connectivity index (χ2n) is 8.04. The van der Waals surface area contributed by atoms with E-state index in [4.69, 9.17) is 0 Å². The van der Waals surface area contributed by atoms with Crippen molar-refractivity contribution >= 4 is 21.4 Å². The Kier molecular flexibility index (Phi) is 4.75. The lowest BCUT2D eigenvalue weighted by atomic mass is 9.68. The van der Waals surface area contributed by atoms with Crippen LogP contribution in [-0.2, 0) is 10.0 Å². The fourth-order valence-electron chi connectivity index (χ4n) is 4.75. The molecule has 3 aliphatic rings. The van der Waals surface area contributed by atoms with Crippen LogP contribution >= 0.6 is 11.3 Å². The Bertz CT molecular complexity index is 647. The summed E-state index contributed by atoms with van der Waals surface area (Å²) in [6, 6.07) is 3.49. The highest BCUT2D eigenvalue weighted by molar-refractivity contribution is 7.91. The first-order valence-electron chi connectivity index (χ1n) is 9.33. The summed E-state index contributed by atoms with van der Waals surface area (Å²) in [6.45, 7) is 4.09. The molecular formula is C18H28N2O2S2. The van der Waals surface area contributed by atoms with E-state index in [2.05, 4.69) is 9.62 Å². The van der Waals surface area contributed by atoms with E-state index in [1.54, 1.807) is 12.1 Å². The molecule has 1 aliphatic heterocycles. The van der Waals surface area contributed by atoms with Gasteiger partial charge in [-0.1, -0.05) is 25.3 Å². The van der Waals surface area contributed by atoms with Crippen molar-refractivity contribution in [2.45, 2.75) is 49.2 Å². The lowest BCUT2D eigenvalue weighted by Crippen LogP contribution is -2.39. The molecule has 4 nitrogen and oxygen atoms in total. The van der Waals surface area contributed by atoms with Gasteiger partial charge in [0.25, 0.3) is 0 Å². The van der Waals surface area contributed by atoms with Gasteiger partial charge in [-0.05, 0) is 54.4 Å². The minimum absolute atomic E-state index is 0.352. The van der Waals surface area contributed by atoms with Gasteiger partial charge in [0.15, 0.2) is 0 Å². The molecule has 24 heavy (non-hydrogen) atoms. The summed E-state index contributed by atoms with van der Waals surface area (Å²) in [5.41, 5.74) is 0.352. The van der Waals surface area contributed by atoms with Gasteiger partial charge in [0, 0.05) is 26.2 Å². The fraction of sp³-hybridized carbons (Fsp3) is 0.778. The molecule has 1 N–H and O–H groups in total. The summed E-state index contributed by atoms with van der Waals surface area (Å²) in [5, 5.41) is 1.82. The zero-order valence-electron chi connectivity index (χ0n) is 14.2. The average Bonchev–Trinajstić information content (AvgIpc) is 3.09. The van der Waals surface area contributed by atoms with Crippen molar-refractivity contribution in [3.05, 3.63) is 17.5 Å². The van der Waals surface area contributed by atoms with Crippen LogP contribution in [0, 0.1) is 17.3 Å². The molecule has 134 valence electrons. The summed E-state index contributed by atoms with van der Waals surface area (Å²) in [7, 11) is -3.34. The lowest BCUT2D eigenvalue weighted by molar-refractivity contribution is 0.140. The summed E-state index contributed by atoms with van der Waals surface area (Å²) in [6.07, 6.45) is 9.30. The molecule has 1 saturated heterocycles. The number of thiophene rings is 1. The van der Waals surface area contributed by atoms with Gasteiger partial charge in [0.05, 0.1) is 0 Å². The van der Waals surface area contributed by atoms with E-state index in [0.29, 0.717) is 22.1 Å². The number of rotatable bonds is 6. The zero-order valence-corrected chi connectivity index (χ0v) is 15.9. The fourth-order valence-corrected chi connectivity index (χ4v) is 6.87. The van der Waals surface area contributed by atoms with Crippen LogP contribution < -0.4 is 4.72 Å². The van der Waals surface area contributed by atoms with Gasteiger partial charge in [-0.3, -0.25) is 0 Å². The molecule has 6 heteroatoms. The molecule has 0 amide bonds. The van der Waals surface area contributed by atoms with E-state index >= 15 is 0 Å². The summed E-state index contributed by atoms with van der Waals surface area (Å²) in [4.78, 5) is 2.63. The quantitative estimate of drug-likeness (QED) is 0.838. The molecule has 1 aromatic heterocycles. The third-order valence-corrected chi connectivity index (χ3v) is 9.05. The van der Waals surface area contributed by atoms with Crippen molar-refractivity contribution < 1.29 is 8.42 Å². The van der Waals surface area contributed by atoms with Crippen LogP contribution in [0.3, 0.4) is 0 Å². The van der Waals surface area contributed by atoms with Gasteiger partial charge in [-0.15, -0.1) is 11.3 Å². The number of hydrogen-bond donors (Lipinski definition) is 1. The number of hydrogen-bond acceptors (Lipinski definition) is 4. The van der Waals surface area contributed by atoms with Crippen LogP contribution in [0.1, 0.15) is 44.9 Å². The normalized spacial score (nSPS) is 27.8. The highest BCUT2D eigenvalue weighted by Crippen LogP contribution is 2.48. The Labute approximate surface area is 149 Å². The van der Waals surface area contributed by atoms with Crippen molar-refractivity contribution in [1.82, 2.24) is 9.62 Å². The number of nitrogens with zero attached hydrogens (tertiary/aromatic N) is 1. The largest absolute Gasteiger partial charge is 0.302 e. The van der Waals surface area contributed by atoms with Crippen molar-refractivity contribution in [1.29, 1.82) is 0 Å². The molecule has 2 heterocycles. The number of nitrogens with one attached hydrogen (secondary N) is 1. The highest BCUT2D eigenvalue weighted by Gasteiger charge is 2.47. The Hall–Kier alpha value is -0.430. The molecule has 1 unspecified atom stereocenters. The Morgan fingerprint density at radius 2 is 2.04 bits per heavy atom. The Morgan fingerprint density at radius 3 is 2.71 bits per heavy atom. The van der Waals surface area contributed by atoms with E-state index in [1.165, 1.54) is 69.4 Å². The van der Waals surface area contributed by atoms with Crippen molar-refractivity contribution in [3.63, 3.8) is 0 Å². The van der Waals surface area contributed by atoms with Gasteiger partial charge >= 0.3 is 0 Å². The van der Waals surface area contributed by atoms with E-state index in [1.807, 2.05) is 5.38 Å². The Balaban J connectivity index is 1.44. The van der Waals surface area contributed by atoms with Crippen LogP contribution in [0.15, 0.2) is 21.7 Å². The molecular weight excluding hydrogens is 340 g/mol. The predicted octanol–water partition coefficient (Wildman–Crippen LogP) is 3.32. The molecule has 1 spiro atoms. The third kappa shape index (κ3) is 3.57. The monoisotopic (exact) mass is 368 g/mol. The molecule has 2 saturated carbocycles. The van der Waals surface area contributed by atoms with Crippen LogP contribution in [0.25, 0.3) is 0 Å². The van der Waals surface area contributed by atoms with Gasteiger partial charge < -0.3 is 4.90 Å². The Morgan fingerprint density at radius 1 is 1.25 bits per heavy atom. The predicted molar refractivity (Wildman–Crippen MR) is 97.7 cm³/mol. The minimum Gasteiger partial charge on any atom is -0.302 e. The van der Waals surface area contributed by atoms with E-state index in [0.717, 1.165) is 12.5 Å². The standard InChI is InChI=1S/C18H28N2O2S2/c21-24(22,17-5-4-10-23-17)19-11-16-13-20(12-15-6-7-15)14-18(16)8-2-1-3-9-18/h4-5,10,15-16,19H,1-3,6-9,11-14H2. The molecule has 1 aromatic rings. The smallest absolute Gasteiger partial charge is 0.250 e. The van der Waals surface area contributed by atoms with Gasteiger partial charge in [0.1, 0.15) is 4.21 Å². The zero-order chi connectivity index (χ0) is 16.6. The van der Waals surface area contributed by atoms with E-state index < -0.39 is 10.0 Å². The number of likely N-dealkylation sites (tertiary alicyclic amines) is 1. The van der Waals surface area contributed by atoms with Crippen LogP contribution in [0.5, 0.6) is 0 Å². The van der Waals surface area contributed by atoms with E-state index in [-0.39, 0.29) is 0 Å². The first-order chi connectivity index (χ1) is 11.6. The molecule has 0 radical (unpaired) electrons. The molecule has 0 bridgehead atoms. The van der Waals surface area contributed by atoms with E-state index in [9.17, 15) is 8.42 Å². The summed E-state index contributed by atoms with van der Waals surface area (Å²) >= 11 is 1.30. The van der Waals surface area contributed by atoms with Crippen molar-refractivity contribution in [2.75, 3.05) is 26.2 Å². The van der Waals surface area contributed by atoms with Crippen LogP contribution in [-0.4, -0.2) is 39.5 Å². The van der Waals surface area contributed by atoms with Gasteiger partial charge in [0.2, 0.25) is 10.0 Å². The van der Waals surface area contributed by atoms with Gasteiger partial charge in [-0.25, -0.2) is 13.1 Å². The van der Waals surface area contributed by atoms with Gasteiger partial charge in [-0.2, -0.15) is 0 Å².